The molecule has 2 aliphatic rings. The van der Waals surface area contributed by atoms with Crippen molar-refractivity contribution in [3.05, 3.63) is 41.5 Å². The number of hydrogen-bond acceptors (Lipinski definition) is 10. The standard InChI is InChI=1S/C23H28O10/c1-29-15-6-5-14(18(25)22(15)30-2)12-7-11-3-4-13(8-16(11)31-10-12)32-23-21(28)20(27)19(26)17(9-24)33-23/h3-6,8,12,17,19-21,23-28H,7,9-10H2,1-2H3/t12?,17-,19-,20+,21-,23?/m0/s1. The van der Waals surface area contributed by atoms with Crippen LogP contribution in [0.15, 0.2) is 30.3 Å². The number of rotatable bonds is 6. The number of ether oxygens (including phenoxy) is 5. The first-order valence-electron chi connectivity index (χ1n) is 10.5. The Balaban J connectivity index is 1.50. The Kier molecular flexibility index (Phi) is 6.82. The summed E-state index contributed by atoms with van der Waals surface area (Å²) < 4.78 is 27.5. The predicted octanol–water partition coefficient (Wildman–Crippen LogP) is 0.307. The fraction of sp³-hybridized carbons (Fsp3) is 0.478. The van der Waals surface area contributed by atoms with E-state index >= 15 is 0 Å². The number of phenols is 1. The fourth-order valence-electron chi connectivity index (χ4n) is 4.18. The lowest BCUT2D eigenvalue weighted by atomic mass is 9.89. The summed E-state index contributed by atoms with van der Waals surface area (Å²) in [7, 11) is 2.96. The number of fused-ring (bicyclic) bond motifs is 1. The smallest absolute Gasteiger partial charge is 0.229 e. The molecule has 2 heterocycles. The van der Waals surface area contributed by atoms with Gasteiger partial charge >= 0.3 is 0 Å². The molecule has 10 nitrogen and oxygen atoms in total. The number of methoxy groups -OCH3 is 2. The maximum absolute atomic E-state index is 10.7. The van der Waals surface area contributed by atoms with E-state index < -0.39 is 37.3 Å². The zero-order valence-corrected chi connectivity index (χ0v) is 18.2. The quantitative estimate of drug-likeness (QED) is 0.405. The van der Waals surface area contributed by atoms with Gasteiger partial charge in [0.25, 0.3) is 0 Å². The highest BCUT2D eigenvalue weighted by molar-refractivity contribution is 5.57. The minimum atomic E-state index is -1.52. The highest BCUT2D eigenvalue weighted by Crippen LogP contribution is 2.44. The van der Waals surface area contributed by atoms with E-state index in [0.717, 1.165) is 5.56 Å². The van der Waals surface area contributed by atoms with Crippen LogP contribution in [0.5, 0.6) is 28.7 Å². The highest BCUT2D eigenvalue weighted by Gasteiger charge is 2.44. The second kappa shape index (κ2) is 9.62. The van der Waals surface area contributed by atoms with E-state index in [2.05, 4.69) is 0 Å². The maximum Gasteiger partial charge on any atom is 0.229 e. The van der Waals surface area contributed by atoms with Crippen molar-refractivity contribution in [2.24, 2.45) is 0 Å². The SMILES string of the molecule is COc1ccc(C2COc3cc(OC4O[C@@H](CO)[C@H](O)[C@@H](O)[C@@H]4O)ccc3C2)c(O)c1OC. The van der Waals surface area contributed by atoms with Gasteiger partial charge in [0, 0.05) is 17.5 Å². The Hall–Kier alpha value is -2.76. The minimum absolute atomic E-state index is 0.0106. The molecule has 2 aromatic carbocycles. The molecule has 1 fully saturated rings. The highest BCUT2D eigenvalue weighted by atomic mass is 16.7. The molecule has 2 unspecified atom stereocenters. The van der Waals surface area contributed by atoms with Crippen LogP contribution in [0.3, 0.4) is 0 Å². The van der Waals surface area contributed by atoms with E-state index in [4.69, 9.17) is 23.7 Å². The molecule has 2 aliphatic heterocycles. The molecule has 0 aromatic heterocycles. The molecule has 5 N–H and O–H groups in total. The summed E-state index contributed by atoms with van der Waals surface area (Å²) in [4.78, 5) is 0. The number of hydrogen-bond donors (Lipinski definition) is 5. The number of aliphatic hydroxyl groups excluding tert-OH is 4. The van der Waals surface area contributed by atoms with Gasteiger partial charge in [-0.3, -0.25) is 0 Å². The van der Waals surface area contributed by atoms with E-state index in [1.165, 1.54) is 14.2 Å². The van der Waals surface area contributed by atoms with Gasteiger partial charge in [-0.15, -0.1) is 0 Å². The molecular formula is C23H28O10. The molecule has 33 heavy (non-hydrogen) atoms. The molecule has 6 atom stereocenters. The maximum atomic E-state index is 10.7. The lowest BCUT2D eigenvalue weighted by Gasteiger charge is -2.39. The number of benzene rings is 2. The van der Waals surface area contributed by atoms with Crippen molar-refractivity contribution >= 4 is 0 Å². The fourth-order valence-corrected chi connectivity index (χ4v) is 4.18. The van der Waals surface area contributed by atoms with Gasteiger partial charge in [0.1, 0.15) is 35.9 Å². The molecule has 0 saturated carbocycles. The van der Waals surface area contributed by atoms with Crippen molar-refractivity contribution in [1.82, 2.24) is 0 Å². The van der Waals surface area contributed by atoms with Gasteiger partial charge in [0.15, 0.2) is 11.5 Å². The second-order valence-electron chi connectivity index (χ2n) is 8.04. The summed E-state index contributed by atoms with van der Waals surface area (Å²) in [5.74, 6) is 1.50. The molecule has 0 bridgehead atoms. The predicted molar refractivity (Wildman–Crippen MR) is 114 cm³/mol. The Bertz CT molecular complexity index is 978. The molecule has 0 radical (unpaired) electrons. The van der Waals surface area contributed by atoms with Crippen LogP contribution < -0.4 is 18.9 Å². The zero-order valence-electron chi connectivity index (χ0n) is 18.2. The van der Waals surface area contributed by atoms with Crippen molar-refractivity contribution in [3.8, 4) is 28.7 Å². The lowest BCUT2D eigenvalue weighted by Crippen LogP contribution is -2.60. The Morgan fingerprint density at radius 1 is 1.00 bits per heavy atom. The monoisotopic (exact) mass is 464 g/mol. The van der Waals surface area contributed by atoms with Gasteiger partial charge in [0.2, 0.25) is 12.0 Å². The largest absolute Gasteiger partial charge is 0.504 e. The van der Waals surface area contributed by atoms with Crippen LogP contribution in [0.1, 0.15) is 17.0 Å². The summed E-state index contributed by atoms with van der Waals surface area (Å²) in [5, 5.41) is 50.0. The van der Waals surface area contributed by atoms with Crippen molar-refractivity contribution in [3.63, 3.8) is 0 Å². The van der Waals surface area contributed by atoms with Crippen LogP contribution in [0.4, 0.5) is 0 Å². The normalized spacial score (nSPS) is 29.0. The van der Waals surface area contributed by atoms with Gasteiger partial charge < -0.3 is 49.2 Å². The van der Waals surface area contributed by atoms with Gasteiger partial charge in [-0.2, -0.15) is 0 Å². The lowest BCUT2D eigenvalue weighted by molar-refractivity contribution is -0.277. The molecular weight excluding hydrogens is 436 g/mol. The van der Waals surface area contributed by atoms with E-state index in [1.54, 1.807) is 30.3 Å². The summed E-state index contributed by atoms with van der Waals surface area (Å²) in [6.45, 7) is -0.234. The second-order valence-corrected chi connectivity index (χ2v) is 8.04. The molecule has 1 saturated heterocycles. The number of phenolic OH excluding ortho intramolecular Hbond substituents is 1. The summed E-state index contributed by atoms with van der Waals surface area (Å²) in [6.07, 6.45) is -6.22. The molecule has 2 aromatic rings. The van der Waals surface area contributed by atoms with Gasteiger partial charge in [-0.1, -0.05) is 12.1 Å². The topological polar surface area (TPSA) is 147 Å². The van der Waals surface area contributed by atoms with Gasteiger partial charge in [0.05, 0.1) is 27.4 Å². The Morgan fingerprint density at radius 3 is 2.48 bits per heavy atom. The first-order chi connectivity index (χ1) is 15.9. The summed E-state index contributed by atoms with van der Waals surface area (Å²) in [5.41, 5.74) is 1.57. The van der Waals surface area contributed by atoms with Gasteiger partial charge in [-0.25, -0.2) is 0 Å². The first-order valence-corrected chi connectivity index (χ1v) is 10.5. The molecule has 0 spiro atoms. The van der Waals surface area contributed by atoms with Crippen LogP contribution in [-0.2, 0) is 11.2 Å². The molecule has 0 aliphatic carbocycles. The summed E-state index contributed by atoms with van der Waals surface area (Å²) in [6, 6.07) is 8.63. The molecule has 0 amide bonds. The van der Waals surface area contributed by atoms with Crippen LogP contribution in [0, 0.1) is 0 Å². The number of aromatic hydroxyl groups is 1. The van der Waals surface area contributed by atoms with Gasteiger partial charge in [-0.05, 0) is 24.1 Å². The Labute approximate surface area is 190 Å². The van der Waals surface area contributed by atoms with E-state index in [9.17, 15) is 25.5 Å². The molecule has 180 valence electrons. The van der Waals surface area contributed by atoms with Crippen LogP contribution in [0.25, 0.3) is 0 Å². The molecule has 4 rings (SSSR count). The van der Waals surface area contributed by atoms with Crippen molar-refractivity contribution in [2.75, 3.05) is 27.4 Å². The molecule has 10 heteroatoms. The third-order valence-corrected chi connectivity index (χ3v) is 6.04. The Morgan fingerprint density at radius 2 is 1.79 bits per heavy atom. The third-order valence-electron chi connectivity index (χ3n) is 6.04. The van der Waals surface area contributed by atoms with E-state index in [0.29, 0.717) is 35.8 Å². The van der Waals surface area contributed by atoms with E-state index in [1.807, 2.05) is 0 Å². The van der Waals surface area contributed by atoms with Crippen LogP contribution >= 0.6 is 0 Å². The van der Waals surface area contributed by atoms with E-state index in [-0.39, 0.29) is 17.4 Å². The number of aliphatic hydroxyl groups is 4. The van der Waals surface area contributed by atoms with Crippen LogP contribution in [-0.4, -0.2) is 83.7 Å². The van der Waals surface area contributed by atoms with Crippen molar-refractivity contribution in [2.45, 2.75) is 43.0 Å². The minimum Gasteiger partial charge on any atom is -0.504 e. The van der Waals surface area contributed by atoms with Crippen molar-refractivity contribution in [1.29, 1.82) is 0 Å². The zero-order chi connectivity index (χ0) is 23.7. The van der Waals surface area contributed by atoms with Crippen molar-refractivity contribution < 1.29 is 49.2 Å². The average Bonchev–Trinajstić information content (AvgIpc) is 2.83. The first kappa shape index (κ1) is 23.4. The summed E-state index contributed by atoms with van der Waals surface area (Å²) >= 11 is 0. The van der Waals surface area contributed by atoms with Crippen LogP contribution in [0.2, 0.25) is 0 Å². The third kappa shape index (κ3) is 4.40. The average molecular weight is 464 g/mol.